The van der Waals surface area contributed by atoms with E-state index in [1.165, 1.54) is 13.2 Å². The molecule has 1 unspecified atom stereocenters. The van der Waals surface area contributed by atoms with Gasteiger partial charge in [0.25, 0.3) is 5.91 Å². The Kier molecular flexibility index (Phi) is 5.40. The molecule has 7 heteroatoms. The predicted molar refractivity (Wildman–Crippen MR) is 66.2 cm³/mol. The van der Waals surface area contributed by atoms with Crippen molar-refractivity contribution in [3.05, 3.63) is 29.6 Å². The molecule has 0 aliphatic heterocycles. The molecule has 0 spiro atoms. The molecule has 0 fully saturated rings. The Morgan fingerprint density at radius 3 is 2.63 bits per heavy atom. The number of anilines is 1. The number of carbonyl (C=O) groups is 2. The third-order valence-electron chi connectivity index (χ3n) is 2.44. The van der Waals surface area contributed by atoms with Crippen molar-refractivity contribution < 1.29 is 23.5 Å². The van der Waals surface area contributed by atoms with Gasteiger partial charge >= 0.3 is 5.97 Å². The number of nitrogens with two attached hydrogens (primary N) is 1. The zero-order valence-corrected chi connectivity index (χ0v) is 10.6. The summed E-state index contributed by atoms with van der Waals surface area (Å²) in [6, 6.07) is 3.36. The van der Waals surface area contributed by atoms with Gasteiger partial charge in [-0.15, -0.1) is 0 Å². The van der Waals surface area contributed by atoms with E-state index in [1.807, 2.05) is 0 Å². The van der Waals surface area contributed by atoms with E-state index in [0.717, 1.165) is 19.2 Å². The molecular formula is C12H15FN2O4. The Morgan fingerprint density at radius 1 is 1.42 bits per heavy atom. The maximum absolute atomic E-state index is 13.1. The van der Waals surface area contributed by atoms with Gasteiger partial charge in [0.1, 0.15) is 11.9 Å². The normalized spacial score (nSPS) is 11.8. The highest BCUT2D eigenvalue weighted by atomic mass is 19.1. The number of halogens is 1. The molecule has 3 N–H and O–H groups in total. The van der Waals surface area contributed by atoms with Crippen molar-refractivity contribution in [1.82, 2.24) is 0 Å². The van der Waals surface area contributed by atoms with Crippen LogP contribution in [0.4, 0.5) is 10.1 Å². The average Bonchev–Trinajstić information content (AvgIpc) is 2.41. The highest BCUT2D eigenvalue weighted by Gasteiger charge is 2.19. The minimum atomic E-state index is -0.851. The van der Waals surface area contributed by atoms with E-state index in [-0.39, 0.29) is 17.8 Å². The van der Waals surface area contributed by atoms with Gasteiger partial charge in [-0.1, -0.05) is 0 Å². The molecule has 0 bridgehead atoms. The van der Waals surface area contributed by atoms with Gasteiger partial charge in [0, 0.05) is 13.7 Å². The monoisotopic (exact) mass is 270 g/mol. The van der Waals surface area contributed by atoms with Gasteiger partial charge in [0.15, 0.2) is 0 Å². The molecule has 1 amide bonds. The van der Waals surface area contributed by atoms with Crippen LogP contribution in [0.3, 0.4) is 0 Å². The fourth-order valence-electron chi connectivity index (χ4n) is 1.43. The Morgan fingerprint density at radius 2 is 2.11 bits per heavy atom. The van der Waals surface area contributed by atoms with E-state index >= 15 is 0 Å². The van der Waals surface area contributed by atoms with Gasteiger partial charge in [0.05, 0.1) is 18.4 Å². The fraction of sp³-hybridized carbons (Fsp3) is 0.333. The topological polar surface area (TPSA) is 90.7 Å². The molecule has 0 aliphatic rings. The number of ether oxygens (including phenoxy) is 2. The Hall–Kier alpha value is -1.99. The molecule has 104 valence electrons. The lowest BCUT2D eigenvalue weighted by Crippen LogP contribution is -2.36. The lowest BCUT2D eigenvalue weighted by atomic mass is 10.1. The van der Waals surface area contributed by atoms with Gasteiger partial charge < -0.3 is 20.5 Å². The standard InChI is InChI=1S/C12H15FN2O4/c1-18-10(6-14)11(16)15-9-4-3-7(13)5-8(9)12(17)19-2/h3-5,10H,6,14H2,1-2H3,(H,15,16). The van der Waals surface area contributed by atoms with E-state index in [9.17, 15) is 14.0 Å². The third kappa shape index (κ3) is 3.73. The zero-order valence-electron chi connectivity index (χ0n) is 10.6. The Bertz CT molecular complexity index is 475. The summed E-state index contributed by atoms with van der Waals surface area (Å²) in [6.07, 6.45) is -0.851. The molecule has 0 aliphatic carbocycles. The van der Waals surface area contributed by atoms with Gasteiger partial charge in [0.2, 0.25) is 0 Å². The van der Waals surface area contributed by atoms with Crippen molar-refractivity contribution in [2.45, 2.75) is 6.10 Å². The van der Waals surface area contributed by atoms with E-state index in [2.05, 4.69) is 10.1 Å². The first-order valence-electron chi connectivity index (χ1n) is 5.45. The second-order valence-electron chi connectivity index (χ2n) is 3.63. The summed E-state index contributed by atoms with van der Waals surface area (Å²) in [5.41, 5.74) is 5.40. The minimum absolute atomic E-state index is 0.0168. The van der Waals surface area contributed by atoms with E-state index in [0.29, 0.717) is 0 Å². The van der Waals surface area contributed by atoms with Crippen LogP contribution in [0.25, 0.3) is 0 Å². The van der Waals surface area contributed by atoms with E-state index in [1.54, 1.807) is 0 Å². The number of esters is 1. The number of hydrogen-bond acceptors (Lipinski definition) is 5. The number of carbonyl (C=O) groups excluding carboxylic acids is 2. The van der Waals surface area contributed by atoms with Crippen LogP contribution in [0, 0.1) is 5.82 Å². The molecule has 19 heavy (non-hydrogen) atoms. The van der Waals surface area contributed by atoms with Crippen molar-refractivity contribution in [2.75, 3.05) is 26.1 Å². The number of amides is 1. The van der Waals surface area contributed by atoms with Gasteiger partial charge in [-0.2, -0.15) is 0 Å². The van der Waals surface area contributed by atoms with Crippen molar-refractivity contribution in [3.63, 3.8) is 0 Å². The number of benzene rings is 1. The fourth-order valence-corrected chi connectivity index (χ4v) is 1.43. The van der Waals surface area contributed by atoms with Crippen LogP contribution in [0.2, 0.25) is 0 Å². The van der Waals surface area contributed by atoms with Gasteiger partial charge in [-0.25, -0.2) is 9.18 Å². The maximum Gasteiger partial charge on any atom is 0.340 e. The summed E-state index contributed by atoms with van der Waals surface area (Å²) in [5, 5.41) is 2.44. The average molecular weight is 270 g/mol. The highest BCUT2D eigenvalue weighted by Crippen LogP contribution is 2.18. The van der Waals surface area contributed by atoms with Crippen LogP contribution in [-0.2, 0) is 14.3 Å². The third-order valence-corrected chi connectivity index (χ3v) is 2.44. The second kappa shape index (κ2) is 6.81. The predicted octanol–water partition coefficient (Wildman–Crippen LogP) is 0.524. The first-order valence-corrected chi connectivity index (χ1v) is 5.45. The summed E-state index contributed by atoms with van der Waals surface area (Å²) in [5.74, 6) is -1.89. The number of rotatable bonds is 5. The van der Waals surface area contributed by atoms with Crippen LogP contribution in [0.5, 0.6) is 0 Å². The first kappa shape index (κ1) is 15.1. The number of methoxy groups -OCH3 is 2. The molecular weight excluding hydrogens is 255 g/mol. The van der Waals surface area contributed by atoms with Gasteiger partial charge in [-0.05, 0) is 18.2 Å². The SMILES string of the molecule is COC(=O)c1cc(F)ccc1NC(=O)C(CN)OC. The van der Waals surface area contributed by atoms with Crippen molar-refractivity contribution in [3.8, 4) is 0 Å². The van der Waals surface area contributed by atoms with Crippen LogP contribution >= 0.6 is 0 Å². The Balaban J connectivity index is 3.00. The molecule has 0 radical (unpaired) electrons. The zero-order chi connectivity index (χ0) is 14.4. The molecule has 6 nitrogen and oxygen atoms in total. The highest BCUT2D eigenvalue weighted by molar-refractivity contribution is 6.02. The summed E-state index contributed by atoms with van der Waals surface area (Å²) in [6.45, 7) is -0.0168. The summed E-state index contributed by atoms with van der Waals surface area (Å²) < 4.78 is 22.5. The molecule has 0 heterocycles. The van der Waals surface area contributed by atoms with Gasteiger partial charge in [-0.3, -0.25) is 4.79 Å². The first-order chi connectivity index (χ1) is 9.03. The van der Waals surface area contributed by atoms with E-state index in [4.69, 9.17) is 10.5 Å². The van der Waals surface area contributed by atoms with Crippen LogP contribution in [0.15, 0.2) is 18.2 Å². The number of nitrogens with one attached hydrogen (secondary N) is 1. The van der Waals surface area contributed by atoms with Crippen molar-refractivity contribution in [1.29, 1.82) is 0 Å². The summed E-state index contributed by atoms with van der Waals surface area (Å²) >= 11 is 0. The molecule has 1 aromatic rings. The minimum Gasteiger partial charge on any atom is -0.465 e. The van der Waals surface area contributed by atoms with Crippen molar-refractivity contribution >= 4 is 17.6 Å². The molecule has 0 aromatic heterocycles. The van der Waals surface area contributed by atoms with Crippen LogP contribution < -0.4 is 11.1 Å². The van der Waals surface area contributed by atoms with Crippen molar-refractivity contribution in [2.24, 2.45) is 5.73 Å². The molecule has 1 atom stereocenters. The van der Waals surface area contributed by atoms with E-state index < -0.39 is 23.8 Å². The summed E-state index contributed by atoms with van der Waals surface area (Å²) in [7, 11) is 2.50. The largest absolute Gasteiger partial charge is 0.465 e. The maximum atomic E-state index is 13.1. The summed E-state index contributed by atoms with van der Waals surface area (Å²) in [4.78, 5) is 23.2. The smallest absolute Gasteiger partial charge is 0.340 e. The molecule has 0 saturated carbocycles. The lowest BCUT2D eigenvalue weighted by Gasteiger charge is -2.14. The van der Waals surface area contributed by atoms with Crippen LogP contribution in [0.1, 0.15) is 10.4 Å². The second-order valence-corrected chi connectivity index (χ2v) is 3.63. The Labute approximate surface area is 109 Å². The molecule has 1 aromatic carbocycles. The van der Waals surface area contributed by atoms with Crippen LogP contribution in [-0.4, -0.2) is 38.7 Å². The number of hydrogen-bond donors (Lipinski definition) is 2. The lowest BCUT2D eigenvalue weighted by molar-refractivity contribution is -0.125. The molecule has 1 rings (SSSR count). The quantitative estimate of drug-likeness (QED) is 0.761. The molecule has 0 saturated heterocycles.